The summed E-state index contributed by atoms with van der Waals surface area (Å²) in [6.07, 6.45) is -0.352. The number of hydrogen-bond donors (Lipinski definition) is 1. The van der Waals surface area contributed by atoms with Crippen LogP contribution in [0, 0.1) is 0 Å². The standard InChI is InChI=1S/C14H14N2O4/c1-2-19-14(18)9-12(17)15-13-8-11(16-20-13)10-6-4-3-5-7-10/h3-8H,2,9H2,1H3,(H,15,17). The summed E-state index contributed by atoms with van der Waals surface area (Å²) >= 11 is 0. The zero-order valence-electron chi connectivity index (χ0n) is 11.0. The lowest BCUT2D eigenvalue weighted by molar-refractivity contribution is -0.145. The molecule has 6 heteroatoms. The molecular formula is C14H14N2O4. The third-order valence-corrected chi connectivity index (χ3v) is 2.45. The molecule has 6 nitrogen and oxygen atoms in total. The van der Waals surface area contributed by atoms with Crippen LogP contribution in [0.1, 0.15) is 13.3 Å². The van der Waals surface area contributed by atoms with Crippen molar-refractivity contribution in [2.24, 2.45) is 0 Å². The number of aromatic nitrogens is 1. The number of benzene rings is 1. The van der Waals surface area contributed by atoms with Crippen molar-refractivity contribution in [2.45, 2.75) is 13.3 Å². The zero-order valence-corrected chi connectivity index (χ0v) is 11.0. The summed E-state index contributed by atoms with van der Waals surface area (Å²) in [6.45, 7) is 1.92. The van der Waals surface area contributed by atoms with E-state index in [-0.39, 0.29) is 18.9 Å². The monoisotopic (exact) mass is 274 g/mol. The molecule has 104 valence electrons. The van der Waals surface area contributed by atoms with Crippen molar-refractivity contribution in [3.05, 3.63) is 36.4 Å². The normalized spacial score (nSPS) is 10.1. The second kappa shape index (κ2) is 6.51. The Morgan fingerprint density at radius 3 is 2.75 bits per heavy atom. The Balaban J connectivity index is 1.96. The zero-order chi connectivity index (χ0) is 14.4. The first-order chi connectivity index (χ1) is 9.69. The van der Waals surface area contributed by atoms with E-state index in [9.17, 15) is 9.59 Å². The molecule has 0 aliphatic rings. The fraction of sp³-hybridized carbons (Fsp3) is 0.214. The Morgan fingerprint density at radius 1 is 1.30 bits per heavy atom. The van der Waals surface area contributed by atoms with E-state index >= 15 is 0 Å². The van der Waals surface area contributed by atoms with E-state index in [1.807, 2.05) is 30.3 Å². The summed E-state index contributed by atoms with van der Waals surface area (Å²) in [5.41, 5.74) is 1.49. The number of nitrogens with one attached hydrogen (secondary N) is 1. The van der Waals surface area contributed by atoms with E-state index in [2.05, 4.69) is 15.2 Å². The van der Waals surface area contributed by atoms with Gasteiger partial charge in [-0.15, -0.1) is 0 Å². The molecule has 0 aliphatic heterocycles. The van der Waals surface area contributed by atoms with Crippen molar-refractivity contribution >= 4 is 17.8 Å². The maximum absolute atomic E-state index is 11.5. The van der Waals surface area contributed by atoms with E-state index < -0.39 is 11.9 Å². The number of esters is 1. The number of carbonyl (C=O) groups excluding carboxylic acids is 2. The highest BCUT2D eigenvalue weighted by atomic mass is 16.5. The van der Waals surface area contributed by atoms with Crippen LogP contribution in [0.15, 0.2) is 40.9 Å². The number of amides is 1. The number of anilines is 1. The molecule has 0 saturated heterocycles. The van der Waals surface area contributed by atoms with Crippen LogP contribution in [0.2, 0.25) is 0 Å². The van der Waals surface area contributed by atoms with Crippen molar-refractivity contribution in [1.29, 1.82) is 0 Å². The Bertz CT molecular complexity index is 592. The molecule has 1 N–H and O–H groups in total. The van der Waals surface area contributed by atoms with Crippen LogP contribution in [-0.2, 0) is 14.3 Å². The maximum Gasteiger partial charge on any atom is 0.315 e. The predicted octanol–water partition coefficient (Wildman–Crippen LogP) is 2.23. The second-order valence-corrected chi connectivity index (χ2v) is 3.97. The fourth-order valence-electron chi connectivity index (χ4n) is 1.60. The van der Waals surface area contributed by atoms with Gasteiger partial charge in [-0.2, -0.15) is 0 Å². The van der Waals surface area contributed by atoms with Gasteiger partial charge in [0.05, 0.1) is 6.61 Å². The number of rotatable bonds is 5. The molecule has 0 atom stereocenters. The fourth-order valence-corrected chi connectivity index (χ4v) is 1.60. The van der Waals surface area contributed by atoms with E-state index in [1.54, 1.807) is 13.0 Å². The van der Waals surface area contributed by atoms with Crippen LogP contribution >= 0.6 is 0 Å². The number of nitrogens with zero attached hydrogens (tertiary/aromatic N) is 1. The predicted molar refractivity (Wildman–Crippen MR) is 71.8 cm³/mol. The molecular weight excluding hydrogens is 260 g/mol. The second-order valence-electron chi connectivity index (χ2n) is 3.97. The van der Waals surface area contributed by atoms with Crippen LogP contribution in [0.5, 0.6) is 0 Å². The van der Waals surface area contributed by atoms with Gasteiger partial charge in [-0.3, -0.25) is 14.9 Å². The summed E-state index contributed by atoms with van der Waals surface area (Å²) in [7, 11) is 0. The van der Waals surface area contributed by atoms with Gasteiger partial charge in [-0.25, -0.2) is 0 Å². The van der Waals surface area contributed by atoms with Crippen molar-refractivity contribution in [3.63, 3.8) is 0 Å². The molecule has 0 saturated carbocycles. The van der Waals surface area contributed by atoms with Crippen molar-refractivity contribution in [2.75, 3.05) is 11.9 Å². The lowest BCUT2D eigenvalue weighted by Crippen LogP contribution is -2.17. The average Bonchev–Trinajstić information content (AvgIpc) is 2.88. The smallest absolute Gasteiger partial charge is 0.315 e. The van der Waals surface area contributed by atoms with Gasteiger partial charge in [-0.05, 0) is 6.92 Å². The first-order valence-electron chi connectivity index (χ1n) is 6.16. The molecule has 1 aromatic heterocycles. The molecule has 0 unspecified atom stereocenters. The van der Waals surface area contributed by atoms with Gasteiger partial charge in [0.25, 0.3) is 0 Å². The Kier molecular flexibility index (Phi) is 4.49. The Labute approximate surface area is 115 Å². The third kappa shape index (κ3) is 3.68. The van der Waals surface area contributed by atoms with Gasteiger partial charge in [-0.1, -0.05) is 35.5 Å². The van der Waals surface area contributed by atoms with E-state index in [0.29, 0.717) is 5.69 Å². The Hall–Kier alpha value is -2.63. The van der Waals surface area contributed by atoms with Gasteiger partial charge < -0.3 is 9.26 Å². The highest BCUT2D eigenvalue weighted by molar-refractivity contribution is 6.01. The van der Waals surface area contributed by atoms with Crippen LogP contribution in [0.3, 0.4) is 0 Å². The van der Waals surface area contributed by atoms with Crippen LogP contribution < -0.4 is 5.32 Å². The van der Waals surface area contributed by atoms with Gasteiger partial charge in [0.15, 0.2) is 0 Å². The molecule has 0 aliphatic carbocycles. The number of hydrogen-bond acceptors (Lipinski definition) is 5. The highest BCUT2D eigenvalue weighted by Crippen LogP contribution is 2.21. The topological polar surface area (TPSA) is 81.4 Å². The van der Waals surface area contributed by atoms with Gasteiger partial charge in [0, 0.05) is 11.6 Å². The van der Waals surface area contributed by atoms with Crippen molar-refractivity contribution < 1.29 is 18.8 Å². The summed E-state index contributed by atoms with van der Waals surface area (Å²) in [4.78, 5) is 22.7. The van der Waals surface area contributed by atoms with Crippen LogP contribution in [0.4, 0.5) is 5.88 Å². The molecule has 1 heterocycles. The lowest BCUT2D eigenvalue weighted by atomic mass is 10.2. The van der Waals surface area contributed by atoms with E-state index in [4.69, 9.17) is 4.52 Å². The van der Waals surface area contributed by atoms with Crippen molar-refractivity contribution in [3.8, 4) is 11.3 Å². The molecule has 0 fully saturated rings. The van der Waals surface area contributed by atoms with Crippen molar-refractivity contribution in [1.82, 2.24) is 5.16 Å². The highest BCUT2D eigenvalue weighted by Gasteiger charge is 2.13. The maximum atomic E-state index is 11.5. The number of ether oxygens (including phenoxy) is 1. The SMILES string of the molecule is CCOC(=O)CC(=O)Nc1cc(-c2ccccc2)no1. The summed E-state index contributed by atoms with van der Waals surface area (Å²) in [5, 5.41) is 6.30. The molecule has 0 radical (unpaired) electrons. The summed E-state index contributed by atoms with van der Waals surface area (Å²) in [5.74, 6) is -0.884. The molecule has 2 rings (SSSR count). The van der Waals surface area contributed by atoms with E-state index in [1.165, 1.54) is 0 Å². The lowest BCUT2D eigenvalue weighted by Gasteiger charge is -2.00. The molecule has 1 amide bonds. The van der Waals surface area contributed by atoms with Crippen LogP contribution in [-0.4, -0.2) is 23.6 Å². The Morgan fingerprint density at radius 2 is 2.05 bits per heavy atom. The van der Waals surface area contributed by atoms with Gasteiger partial charge in [0.2, 0.25) is 11.8 Å². The van der Waals surface area contributed by atoms with Crippen LogP contribution in [0.25, 0.3) is 11.3 Å². The molecule has 1 aromatic carbocycles. The van der Waals surface area contributed by atoms with Gasteiger partial charge >= 0.3 is 5.97 Å². The van der Waals surface area contributed by atoms with E-state index in [0.717, 1.165) is 5.56 Å². The number of carbonyl (C=O) groups is 2. The largest absolute Gasteiger partial charge is 0.466 e. The quantitative estimate of drug-likeness (QED) is 0.668. The summed E-state index contributed by atoms with van der Waals surface area (Å²) < 4.78 is 9.68. The molecule has 20 heavy (non-hydrogen) atoms. The molecule has 2 aromatic rings. The molecule has 0 bridgehead atoms. The summed E-state index contributed by atoms with van der Waals surface area (Å²) in [6, 6.07) is 11.0. The first-order valence-corrected chi connectivity index (χ1v) is 6.16. The average molecular weight is 274 g/mol. The molecule has 0 spiro atoms. The minimum absolute atomic E-state index is 0.193. The minimum Gasteiger partial charge on any atom is -0.466 e. The first kappa shape index (κ1) is 13.8. The third-order valence-electron chi connectivity index (χ3n) is 2.45. The minimum atomic E-state index is -0.576. The van der Waals surface area contributed by atoms with Gasteiger partial charge in [0.1, 0.15) is 12.1 Å².